The van der Waals surface area contributed by atoms with E-state index in [-0.39, 0.29) is 11.1 Å². The predicted molar refractivity (Wildman–Crippen MR) is 182 cm³/mol. The van der Waals surface area contributed by atoms with Crippen LogP contribution in [-0.2, 0) is 13.1 Å². The van der Waals surface area contributed by atoms with Crippen LogP contribution in [0.3, 0.4) is 0 Å². The molecular weight excluding hydrogens is 592 g/mol. The van der Waals surface area contributed by atoms with E-state index in [9.17, 15) is 9.59 Å². The minimum atomic E-state index is -0.195. The summed E-state index contributed by atoms with van der Waals surface area (Å²) < 4.78 is 2.87. The van der Waals surface area contributed by atoms with Crippen molar-refractivity contribution in [2.45, 2.75) is 33.9 Å². The molecule has 12 nitrogen and oxygen atoms in total. The van der Waals surface area contributed by atoms with Gasteiger partial charge in [-0.2, -0.15) is 15.5 Å². The van der Waals surface area contributed by atoms with Crippen LogP contribution in [0.2, 0.25) is 0 Å². The fourth-order valence-electron chi connectivity index (χ4n) is 4.54. The first-order chi connectivity index (χ1) is 22.9. The van der Waals surface area contributed by atoms with Crippen LogP contribution in [0.25, 0.3) is 22.5 Å². The van der Waals surface area contributed by atoms with E-state index >= 15 is 0 Å². The van der Waals surface area contributed by atoms with E-state index < -0.39 is 0 Å². The van der Waals surface area contributed by atoms with Crippen molar-refractivity contribution in [2.75, 3.05) is 10.6 Å². The van der Waals surface area contributed by atoms with Gasteiger partial charge in [0.1, 0.15) is 11.4 Å². The molecule has 2 N–H and O–H groups in total. The zero-order valence-electron chi connectivity index (χ0n) is 26.1. The van der Waals surface area contributed by atoms with Gasteiger partial charge in [-0.25, -0.2) is 9.36 Å². The van der Waals surface area contributed by atoms with Crippen LogP contribution in [0.15, 0.2) is 114 Å². The Morgan fingerprint density at radius 2 is 1.15 bits per heavy atom. The Labute approximate surface area is 271 Å². The summed E-state index contributed by atoms with van der Waals surface area (Å²) in [6.07, 6.45) is 10.2. The second-order valence-corrected chi connectivity index (χ2v) is 10.2. The summed E-state index contributed by atoms with van der Waals surface area (Å²) in [5.74, 6) is 0. The lowest BCUT2D eigenvalue weighted by Crippen LogP contribution is -2.25. The number of nitriles is 1. The number of hydrogen-bond acceptors (Lipinski definition) is 10. The maximum Gasteiger partial charge on any atom is 0.290 e. The number of anilines is 4. The molecule has 5 heterocycles. The summed E-state index contributed by atoms with van der Waals surface area (Å²) in [7, 11) is 0. The lowest BCUT2D eigenvalue weighted by molar-refractivity contribution is 0.621. The van der Waals surface area contributed by atoms with Gasteiger partial charge in [0, 0.05) is 60.9 Å². The molecular formula is C35H32N10O2. The molecule has 0 saturated carbocycles. The highest BCUT2D eigenvalue weighted by Gasteiger charge is 2.12. The molecule has 0 saturated heterocycles. The Morgan fingerprint density at radius 3 is 1.62 bits per heavy atom. The topological polar surface area (TPSA) is 156 Å². The van der Waals surface area contributed by atoms with Gasteiger partial charge in [0.05, 0.1) is 34.9 Å². The van der Waals surface area contributed by atoms with Crippen molar-refractivity contribution < 1.29 is 0 Å². The lowest BCUT2D eigenvalue weighted by Gasteiger charge is -2.12. The Morgan fingerprint density at radius 1 is 0.660 bits per heavy atom. The monoisotopic (exact) mass is 624 g/mol. The first-order valence-electron chi connectivity index (χ1n) is 14.9. The summed E-state index contributed by atoms with van der Waals surface area (Å²) in [5.41, 5.74) is 6.89. The molecule has 0 aliphatic rings. The van der Waals surface area contributed by atoms with E-state index in [1.165, 1.54) is 9.36 Å². The first-order valence-corrected chi connectivity index (χ1v) is 14.9. The summed E-state index contributed by atoms with van der Waals surface area (Å²) >= 11 is 0. The van der Waals surface area contributed by atoms with Crippen molar-refractivity contribution >= 4 is 22.7 Å². The Balaban J connectivity index is 0.000000185. The highest BCUT2D eigenvalue weighted by atomic mass is 16.1. The quantitative estimate of drug-likeness (QED) is 0.215. The second-order valence-electron chi connectivity index (χ2n) is 10.2. The highest BCUT2D eigenvalue weighted by Crippen LogP contribution is 2.22. The van der Waals surface area contributed by atoms with Gasteiger partial charge < -0.3 is 10.6 Å². The van der Waals surface area contributed by atoms with Crippen LogP contribution in [0.5, 0.6) is 0 Å². The van der Waals surface area contributed by atoms with E-state index in [1.54, 1.807) is 73.6 Å². The molecule has 47 heavy (non-hydrogen) atoms. The summed E-state index contributed by atoms with van der Waals surface area (Å²) in [4.78, 5) is 37.1. The van der Waals surface area contributed by atoms with Crippen molar-refractivity contribution in [3.8, 4) is 28.6 Å². The third-order valence-electron chi connectivity index (χ3n) is 7.10. The number of pyridine rings is 3. The average Bonchev–Trinajstić information content (AvgIpc) is 3.12. The largest absolute Gasteiger partial charge is 0.351 e. The third-order valence-corrected chi connectivity index (χ3v) is 7.10. The van der Waals surface area contributed by atoms with Crippen molar-refractivity contribution in [3.05, 3.63) is 136 Å². The zero-order chi connectivity index (χ0) is 33.2. The number of aryl methyl sites for hydroxylation is 3. The molecule has 6 rings (SSSR count). The molecule has 234 valence electrons. The Bertz CT molecular complexity index is 2120. The summed E-state index contributed by atoms with van der Waals surface area (Å²) in [5, 5.41) is 23.9. The maximum absolute atomic E-state index is 12.5. The number of hydrogen-bond donors (Lipinski definition) is 2. The van der Waals surface area contributed by atoms with Crippen LogP contribution in [-0.4, -0.2) is 34.5 Å². The van der Waals surface area contributed by atoms with Crippen molar-refractivity contribution in [1.82, 2.24) is 34.5 Å². The zero-order valence-corrected chi connectivity index (χ0v) is 26.1. The van der Waals surface area contributed by atoms with E-state index in [0.717, 1.165) is 33.8 Å². The van der Waals surface area contributed by atoms with Crippen LogP contribution in [0.4, 0.5) is 22.7 Å². The van der Waals surface area contributed by atoms with Crippen LogP contribution in [0, 0.1) is 18.3 Å². The highest BCUT2D eigenvalue weighted by molar-refractivity contribution is 5.68. The molecule has 0 radical (unpaired) electrons. The van der Waals surface area contributed by atoms with Crippen LogP contribution >= 0.6 is 0 Å². The molecule has 0 atom stereocenters. The normalized spacial score (nSPS) is 10.3. The minimum Gasteiger partial charge on any atom is -0.351 e. The van der Waals surface area contributed by atoms with Gasteiger partial charge in [-0.3, -0.25) is 24.5 Å². The molecule has 0 fully saturated rings. The van der Waals surface area contributed by atoms with E-state index in [4.69, 9.17) is 5.26 Å². The Kier molecular flexibility index (Phi) is 10.2. The fraction of sp³-hybridized carbons (Fsp3) is 0.143. The molecule has 1 aromatic carbocycles. The molecule has 0 spiro atoms. The molecule has 0 bridgehead atoms. The Hall–Kier alpha value is -6.48. The SMILES string of the molecule is CCn1nc(-c2ccncc2)cc(Nc2ccc(C#N)cc2)c1=O.CCn1nc(-c2ccncc2)cc(Nc2cnccc2C)c1=O. The number of aromatic nitrogens is 7. The van der Waals surface area contributed by atoms with Gasteiger partial charge in [0.25, 0.3) is 11.1 Å². The third kappa shape index (κ3) is 7.79. The summed E-state index contributed by atoms with van der Waals surface area (Å²) in [6.45, 7) is 6.70. The van der Waals surface area contributed by atoms with Crippen molar-refractivity contribution in [2.24, 2.45) is 0 Å². The van der Waals surface area contributed by atoms with Gasteiger partial charge >= 0.3 is 0 Å². The molecule has 0 unspecified atom stereocenters. The van der Waals surface area contributed by atoms with Gasteiger partial charge in [0.15, 0.2) is 0 Å². The molecule has 6 aromatic rings. The van der Waals surface area contributed by atoms with E-state index in [2.05, 4.69) is 41.9 Å². The van der Waals surface area contributed by atoms with Crippen LogP contribution < -0.4 is 21.8 Å². The maximum atomic E-state index is 12.5. The average molecular weight is 625 g/mol. The van der Waals surface area contributed by atoms with E-state index in [1.807, 2.05) is 51.1 Å². The van der Waals surface area contributed by atoms with Gasteiger partial charge in [-0.1, -0.05) is 0 Å². The molecule has 12 heteroatoms. The van der Waals surface area contributed by atoms with Crippen LogP contribution in [0.1, 0.15) is 25.0 Å². The first kappa shape index (κ1) is 31.9. The molecule has 0 aliphatic heterocycles. The fourth-order valence-corrected chi connectivity index (χ4v) is 4.54. The molecule has 0 aliphatic carbocycles. The van der Waals surface area contributed by atoms with Gasteiger partial charge in [-0.15, -0.1) is 0 Å². The van der Waals surface area contributed by atoms with E-state index in [0.29, 0.717) is 35.7 Å². The molecule has 5 aromatic heterocycles. The number of benzene rings is 1. The predicted octanol–water partition coefficient (Wildman–Crippen LogP) is 5.71. The number of rotatable bonds is 8. The van der Waals surface area contributed by atoms with Crippen molar-refractivity contribution in [1.29, 1.82) is 5.26 Å². The smallest absolute Gasteiger partial charge is 0.290 e. The number of nitrogens with one attached hydrogen (secondary N) is 2. The standard InChI is InChI=1S/C18H15N5O.C17H17N5O/c1-2-23-18(24)17(21-15-5-3-13(12-19)4-6-15)11-16(22-23)14-7-9-20-10-8-14;1-3-22-17(23)15(20-16-11-19-7-4-12(16)2)10-14(21-22)13-5-8-18-9-6-13/h3-11,21H,2H2,1H3;4-11,20H,3H2,1-2H3. The summed E-state index contributed by atoms with van der Waals surface area (Å²) in [6, 6.07) is 21.8. The van der Waals surface area contributed by atoms with Crippen molar-refractivity contribution in [3.63, 3.8) is 0 Å². The number of nitrogens with zero attached hydrogens (tertiary/aromatic N) is 8. The molecule has 0 amide bonds. The van der Waals surface area contributed by atoms with Gasteiger partial charge in [-0.05, 0) is 93.1 Å². The lowest BCUT2D eigenvalue weighted by atomic mass is 10.2. The van der Waals surface area contributed by atoms with Gasteiger partial charge in [0.2, 0.25) is 0 Å². The minimum absolute atomic E-state index is 0.159. The second kappa shape index (κ2) is 15.0.